The third-order valence-corrected chi connectivity index (χ3v) is 5.06. The summed E-state index contributed by atoms with van der Waals surface area (Å²) in [6.07, 6.45) is 6.34. The Morgan fingerprint density at radius 2 is 2.14 bits per heavy atom. The van der Waals surface area contributed by atoms with Crippen molar-refractivity contribution in [1.29, 1.82) is 0 Å². The molecule has 29 heavy (non-hydrogen) atoms. The number of rotatable bonds is 3. The standard InChI is InChI=1S/C20H24N6O3/c1-20(2,3)26(17-7-8-24(4)23-17)19(28)29-16-10-14(13-5-6-15(27)9-13)11-25-18(16)21-12-22-25/h7-8,10-13H,5-6,9H2,1-4H3/t13-/m0/s1. The lowest BCUT2D eigenvalue weighted by molar-refractivity contribution is -0.117. The van der Waals surface area contributed by atoms with Gasteiger partial charge in [-0.2, -0.15) is 10.2 Å². The molecule has 0 bridgehead atoms. The molecule has 0 saturated heterocycles. The first kappa shape index (κ1) is 19.1. The smallest absolute Gasteiger partial charge is 0.406 e. The van der Waals surface area contributed by atoms with E-state index in [1.807, 2.05) is 27.0 Å². The number of nitrogens with zero attached hydrogens (tertiary/aromatic N) is 6. The fraction of sp³-hybridized carbons (Fsp3) is 0.450. The zero-order chi connectivity index (χ0) is 20.8. The third-order valence-electron chi connectivity index (χ3n) is 5.06. The van der Waals surface area contributed by atoms with E-state index in [2.05, 4.69) is 15.2 Å². The molecule has 1 fully saturated rings. The van der Waals surface area contributed by atoms with Crippen molar-refractivity contribution >= 4 is 23.3 Å². The van der Waals surface area contributed by atoms with E-state index in [1.54, 1.807) is 34.6 Å². The van der Waals surface area contributed by atoms with E-state index in [-0.39, 0.29) is 11.7 Å². The van der Waals surface area contributed by atoms with Gasteiger partial charge >= 0.3 is 6.09 Å². The molecule has 3 aromatic heterocycles. The number of carbonyl (C=O) groups is 2. The second-order valence-electron chi connectivity index (χ2n) is 8.37. The molecule has 0 unspecified atom stereocenters. The van der Waals surface area contributed by atoms with Crippen LogP contribution in [0, 0.1) is 0 Å². The summed E-state index contributed by atoms with van der Waals surface area (Å²) in [5, 5.41) is 8.55. The van der Waals surface area contributed by atoms with E-state index >= 15 is 0 Å². The van der Waals surface area contributed by atoms with Gasteiger partial charge in [0.1, 0.15) is 12.1 Å². The summed E-state index contributed by atoms with van der Waals surface area (Å²) in [4.78, 5) is 30.6. The maximum absolute atomic E-state index is 13.2. The summed E-state index contributed by atoms with van der Waals surface area (Å²) >= 11 is 0. The highest BCUT2D eigenvalue weighted by atomic mass is 16.6. The molecule has 0 radical (unpaired) electrons. The van der Waals surface area contributed by atoms with Gasteiger partial charge in [-0.25, -0.2) is 14.3 Å². The molecular weight excluding hydrogens is 372 g/mol. The molecule has 0 N–H and O–H groups in total. The number of fused-ring (bicyclic) bond motifs is 1. The van der Waals surface area contributed by atoms with Crippen LogP contribution in [0.15, 0.2) is 30.9 Å². The highest BCUT2D eigenvalue weighted by molar-refractivity contribution is 5.90. The second kappa shape index (κ2) is 6.98. The number of ether oxygens (including phenoxy) is 1. The average molecular weight is 396 g/mol. The summed E-state index contributed by atoms with van der Waals surface area (Å²) in [5.74, 6) is 1.17. The van der Waals surface area contributed by atoms with Crippen molar-refractivity contribution in [2.45, 2.75) is 51.5 Å². The number of carbonyl (C=O) groups excluding carboxylic acids is 2. The number of aryl methyl sites for hydroxylation is 1. The number of ketones is 1. The zero-order valence-corrected chi connectivity index (χ0v) is 17.0. The van der Waals surface area contributed by atoms with E-state index in [9.17, 15) is 9.59 Å². The Morgan fingerprint density at radius 3 is 2.76 bits per heavy atom. The Hall–Kier alpha value is -3.23. The van der Waals surface area contributed by atoms with E-state index in [0.717, 1.165) is 12.0 Å². The molecule has 0 aromatic carbocycles. The molecule has 1 aliphatic rings. The first-order chi connectivity index (χ1) is 13.7. The van der Waals surface area contributed by atoms with E-state index < -0.39 is 11.6 Å². The van der Waals surface area contributed by atoms with E-state index in [4.69, 9.17) is 4.74 Å². The molecule has 1 atom stereocenters. The van der Waals surface area contributed by atoms with Crippen LogP contribution in [0.5, 0.6) is 5.75 Å². The monoisotopic (exact) mass is 396 g/mol. The lowest BCUT2D eigenvalue weighted by atomic mass is 9.99. The van der Waals surface area contributed by atoms with E-state index in [0.29, 0.717) is 30.1 Å². The molecule has 3 heterocycles. The van der Waals surface area contributed by atoms with Crippen LogP contribution in [0.25, 0.3) is 5.65 Å². The molecule has 1 saturated carbocycles. The van der Waals surface area contributed by atoms with Crippen molar-refractivity contribution in [2.75, 3.05) is 4.90 Å². The van der Waals surface area contributed by atoms with Gasteiger partial charge in [0.15, 0.2) is 17.2 Å². The van der Waals surface area contributed by atoms with Crippen molar-refractivity contribution in [3.05, 3.63) is 36.4 Å². The molecule has 1 aliphatic carbocycles. The van der Waals surface area contributed by atoms with Crippen LogP contribution in [0.3, 0.4) is 0 Å². The number of hydrogen-bond acceptors (Lipinski definition) is 6. The Labute approximate surface area is 168 Å². The Balaban J connectivity index is 1.69. The lowest BCUT2D eigenvalue weighted by Crippen LogP contribution is -2.47. The van der Waals surface area contributed by atoms with Gasteiger partial charge in [0.2, 0.25) is 0 Å². The average Bonchev–Trinajstić information content (AvgIpc) is 3.35. The molecule has 0 spiro atoms. The molecule has 9 nitrogen and oxygen atoms in total. The quantitative estimate of drug-likeness (QED) is 0.675. The van der Waals surface area contributed by atoms with Gasteiger partial charge in [0, 0.05) is 43.9 Å². The normalized spacial score (nSPS) is 17.1. The number of anilines is 1. The molecule has 1 amide bonds. The van der Waals surface area contributed by atoms with Crippen molar-refractivity contribution in [1.82, 2.24) is 24.4 Å². The molecule has 9 heteroatoms. The van der Waals surface area contributed by atoms with E-state index in [1.165, 1.54) is 11.2 Å². The van der Waals surface area contributed by atoms with Crippen molar-refractivity contribution in [2.24, 2.45) is 7.05 Å². The Morgan fingerprint density at radius 1 is 1.34 bits per heavy atom. The molecule has 0 aliphatic heterocycles. The lowest BCUT2D eigenvalue weighted by Gasteiger charge is -2.32. The predicted octanol–water partition coefficient (Wildman–Crippen LogP) is 3.10. The van der Waals surface area contributed by atoms with Crippen LogP contribution in [-0.4, -0.2) is 41.8 Å². The fourth-order valence-corrected chi connectivity index (χ4v) is 3.69. The van der Waals surface area contributed by atoms with Gasteiger partial charge in [-0.3, -0.25) is 14.4 Å². The van der Waals surface area contributed by atoms with Crippen LogP contribution in [0.2, 0.25) is 0 Å². The summed E-state index contributed by atoms with van der Waals surface area (Å²) in [7, 11) is 1.79. The fourth-order valence-electron chi connectivity index (χ4n) is 3.69. The first-order valence-corrected chi connectivity index (χ1v) is 9.59. The van der Waals surface area contributed by atoms with Crippen LogP contribution in [0.4, 0.5) is 10.6 Å². The minimum atomic E-state index is -0.555. The Kier molecular flexibility index (Phi) is 4.60. The highest BCUT2D eigenvalue weighted by Gasteiger charge is 2.33. The van der Waals surface area contributed by atoms with Crippen LogP contribution in [-0.2, 0) is 11.8 Å². The number of pyridine rings is 1. The van der Waals surface area contributed by atoms with Gasteiger partial charge in [0.25, 0.3) is 0 Å². The van der Waals surface area contributed by atoms with Crippen LogP contribution in [0.1, 0.15) is 51.5 Å². The molecule has 3 aromatic rings. The largest absolute Gasteiger partial charge is 0.421 e. The predicted molar refractivity (Wildman–Crippen MR) is 106 cm³/mol. The molecular formula is C20H24N6O3. The topological polar surface area (TPSA) is 94.6 Å². The minimum Gasteiger partial charge on any atom is -0.406 e. The van der Waals surface area contributed by atoms with Crippen molar-refractivity contribution < 1.29 is 14.3 Å². The summed E-state index contributed by atoms with van der Waals surface area (Å²) < 4.78 is 9.02. The maximum Gasteiger partial charge on any atom is 0.421 e. The zero-order valence-electron chi connectivity index (χ0n) is 17.0. The molecule has 152 valence electrons. The summed E-state index contributed by atoms with van der Waals surface area (Å²) in [6, 6.07) is 3.56. The van der Waals surface area contributed by atoms with Crippen LogP contribution >= 0.6 is 0 Å². The van der Waals surface area contributed by atoms with Gasteiger partial charge in [-0.05, 0) is 44.7 Å². The summed E-state index contributed by atoms with van der Waals surface area (Å²) in [6.45, 7) is 5.74. The van der Waals surface area contributed by atoms with Crippen molar-refractivity contribution in [3.63, 3.8) is 0 Å². The highest BCUT2D eigenvalue weighted by Crippen LogP contribution is 2.35. The first-order valence-electron chi connectivity index (χ1n) is 9.59. The Bertz CT molecular complexity index is 1080. The van der Waals surface area contributed by atoms with Gasteiger partial charge in [-0.1, -0.05) is 0 Å². The minimum absolute atomic E-state index is 0.100. The maximum atomic E-state index is 13.2. The summed E-state index contributed by atoms with van der Waals surface area (Å²) in [5.41, 5.74) is 0.809. The van der Waals surface area contributed by atoms with Gasteiger partial charge in [0.05, 0.1) is 0 Å². The number of amides is 1. The van der Waals surface area contributed by atoms with Crippen molar-refractivity contribution in [3.8, 4) is 5.75 Å². The third kappa shape index (κ3) is 3.72. The van der Waals surface area contributed by atoms with Gasteiger partial charge < -0.3 is 4.74 Å². The van der Waals surface area contributed by atoms with Gasteiger partial charge in [-0.15, -0.1) is 0 Å². The SMILES string of the molecule is Cn1ccc(N(C(=O)Oc2cc([C@H]3CCC(=O)C3)cn3ncnc23)C(C)(C)C)n1. The second-order valence-corrected chi connectivity index (χ2v) is 8.37. The molecule has 4 rings (SSSR count). The number of hydrogen-bond donors (Lipinski definition) is 0. The van der Waals surface area contributed by atoms with Crippen LogP contribution < -0.4 is 9.64 Å². The number of aromatic nitrogens is 5. The number of Topliss-reactive ketones (excluding diaryl/α,β-unsaturated/α-hetero) is 1.